The highest BCUT2D eigenvalue weighted by molar-refractivity contribution is 8.15. The third-order valence-electron chi connectivity index (χ3n) is 4.68. The van der Waals surface area contributed by atoms with Crippen LogP contribution in [0.4, 0.5) is 10.1 Å². The predicted octanol–water partition coefficient (Wildman–Crippen LogP) is 3.78. The van der Waals surface area contributed by atoms with Crippen LogP contribution in [-0.4, -0.2) is 9.91 Å². The molecular formula is C16H22FN3S. The number of hydrogen-bond donors (Lipinski definition) is 2. The van der Waals surface area contributed by atoms with Crippen LogP contribution >= 0.6 is 11.8 Å². The van der Waals surface area contributed by atoms with Gasteiger partial charge >= 0.3 is 0 Å². The molecule has 2 aliphatic rings. The molecule has 0 saturated heterocycles. The van der Waals surface area contributed by atoms with Crippen LogP contribution in [0.15, 0.2) is 23.2 Å². The fourth-order valence-electron chi connectivity index (χ4n) is 3.78. The second-order valence-electron chi connectivity index (χ2n) is 6.49. The molecule has 1 heterocycles. The molecule has 1 aliphatic carbocycles. The average Bonchev–Trinajstić information content (AvgIpc) is 2.41. The highest BCUT2D eigenvalue weighted by Crippen LogP contribution is 2.52. The molecule has 0 aromatic heterocycles. The highest BCUT2D eigenvalue weighted by Gasteiger charge is 2.46. The lowest BCUT2D eigenvalue weighted by Gasteiger charge is -2.45. The van der Waals surface area contributed by atoms with E-state index in [0.717, 1.165) is 19.3 Å². The molecule has 1 aromatic rings. The summed E-state index contributed by atoms with van der Waals surface area (Å²) in [5.74, 6) is -0.249. The summed E-state index contributed by atoms with van der Waals surface area (Å²) in [4.78, 5) is 4.60. The van der Waals surface area contributed by atoms with Crippen LogP contribution in [0.25, 0.3) is 0 Å². The largest absolute Gasteiger partial charge is 0.399 e. The van der Waals surface area contributed by atoms with Gasteiger partial charge in [-0.1, -0.05) is 31.0 Å². The third-order valence-corrected chi connectivity index (χ3v) is 5.97. The van der Waals surface area contributed by atoms with Gasteiger partial charge in [-0.25, -0.2) is 4.39 Å². The maximum Gasteiger partial charge on any atom is 0.155 e. The van der Waals surface area contributed by atoms with Crippen LogP contribution in [0.1, 0.15) is 51.0 Å². The van der Waals surface area contributed by atoms with E-state index in [2.05, 4.69) is 4.99 Å². The van der Waals surface area contributed by atoms with Gasteiger partial charge in [-0.3, -0.25) is 4.99 Å². The lowest BCUT2D eigenvalue weighted by Crippen LogP contribution is -2.43. The average molecular weight is 307 g/mol. The number of aliphatic imine (C=N–C) groups is 1. The molecule has 1 fully saturated rings. The number of benzene rings is 1. The summed E-state index contributed by atoms with van der Waals surface area (Å²) in [6, 6.07) is 4.72. The number of nitrogens with zero attached hydrogens (tertiary/aromatic N) is 1. The second kappa shape index (κ2) is 5.20. The Hall–Kier alpha value is -1.23. The third kappa shape index (κ3) is 2.76. The van der Waals surface area contributed by atoms with Crippen LogP contribution in [0.2, 0.25) is 0 Å². The summed E-state index contributed by atoms with van der Waals surface area (Å²) >= 11 is 1.69. The molecule has 1 saturated carbocycles. The summed E-state index contributed by atoms with van der Waals surface area (Å²) in [5, 5.41) is 0.576. The minimum atomic E-state index is -0.619. The van der Waals surface area contributed by atoms with Crippen molar-refractivity contribution in [1.29, 1.82) is 0 Å². The monoisotopic (exact) mass is 307 g/mol. The molecule has 0 radical (unpaired) electrons. The summed E-state index contributed by atoms with van der Waals surface area (Å²) in [6.45, 7) is 1.98. The Morgan fingerprint density at radius 3 is 2.62 bits per heavy atom. The summed E-state index contributed by atoms with van der Waals surface area (Å²) in [7, 11) is 0. The molecule has 1 aromatic carbocycles. The number of thioether (sulfide) groups is 1. The smallest absolute Gasteiger partial charge is 0.155 e. The first kappa shape index (κ1) is 14.7. The molecule has 3 rings (SSSR count). The Morgan fingerprint density at radius 2 is 1.90 bits per heavy atom. The lowest BCUT2D eigenvalue weighted by molar-refractivity contribution is 0.297. The molecule has 5 heteroatoms. The van der Waals surface area contributed by atoms with E-state index >= 15 is 0 Å². The Morgan fingerprint density at radius 1 is 1.19 bits per heavy atom. The van der Waals surface area contributed by atoms with Crippen molar-refractivity contribution in [2.75, 3.05) is 5.73 Å². The van der Waals surface area contributed by atoms with Gasteiger partial charge in [0.25, 0.3) is 0 Å². The first-order chi connectivity index (χ1) is 9.92. The van der Waals surface area contributed by atoms with Crippen molar-refractivity contribution in [1.82, 2.24) is 0 Å². The van der Waals surface area contributed by atoms with Crippen LogP contribution in [0, 0.1) is 5.82 Å². The number of halogens is 1. The summed E-state index contributed by atoms with van der Waals surface area (Å²) < 4.78 is 14.4. The molecule has 114 valence electrons. The fourth-order valence-corrected chi connectivity index (χ4v) is 5.31. The van der Waals surface area contributed by atoms with E-state index in [9.17, 15) is 4.39 Å². The molecule has 1 atom stereocenters. The van der Waals surface area contributed by atoms with Gasteiger partial charge in [0.2, 0.25) is 0 Å². The Bertz CT molecular complexity index is 581. The van der Waals surface area contributed by atoms with Crippen molar-refractivity contribution >= 4 is 22.6 Å². The van der Waals surface area contributed by atoms with E-state index < -0.39 is 5.54 Å². The molecule has 1 aliphatic heterocycles. The Labute approximate surface area is 129 Å². The van der Waals surface area contributed by atoms with Gasteiger partial charge in [-0.05, 0) is 44.4 Å². The van der Waals surface area contributed by atoms with Gasteiger partial charge in [0.05, 0.1) is 5.54 Å². The van der Waals surface area contributed by atoms with E-state index in [4.69, 9.17) is 11.5 Å². The zero-order valence-corrected chi connectivity index (χ0v) is 13.2. The topological polar surface area (TPSA) is 64.4 Å². The second-order valence-corrected chi connectivity index (χ2v) is 7.97. The normalized spacial score (nSPS) is 28.4. The Balaban J connectivity index is 2.03. The zero-order valence-electron chi connectivity index (χ0n) is 12.4. The molecular weight excluding hydrogens is 285 g/mol. The molecule has 3 nitrogen and oxygen atoms in total. The first-order valence-corrected chi connectivity index (χ1v) is 8.34. The highest BCUT2D eigenvalue weighted by atomic mass is 32.2. The van der Waals surface area contributed by atoms with Gasteiger partial charge in [-0.2, -0.15) is 0 Å². The van der Waals surface area contributed by atoms with Gasteiger partial charge < -0.3 is 11.5 Å². The Kier molecular flexibility index (Phi) is 3.64. The van der Waals surface area contributed by atoms with Gasteiger partial charge in [0.15, 0.2) is 5.17 Å². The molecule has 0 unspecified atom stereocenters. The maximum absolute atomic E-state index is 14.3. The number of anilines is 1. The first-order valence-electron chi connectivity index (χ1n) is 7.52. The van der Waals surface area contributed by atoms with Crippen molar-refractivity contribution < 1.29 is 4.39 Å². The molecule has 21 heavy (non-hydrogen) atoms. The maximum atomic E-state index is 14.3. The standard InChI is InChI=1S/C16H22FN3S/c1-15(12-9-11(18)5-6-13(12)17)10-16(21-14(19)20-15)7-3-2-4-8-16/h5-6,9H,2-4,7-8,10,18H2,1H3,(H2,19,20)/t15-/m1/s1. The van der Waals surface area contributed by atoms with Crippen LogP contribution in [0.3, 0.4) is 0 Å². The molecule has 4 N–H and O–H groups in total. The van der Waals surface area contributed by atoms with Crippen molar-refractivity contribution in [3.63, 3.8) is 0 Å². The SMILES string of the molecule is C[C@]1(c2cc(N)ccc2F)CC2(CCCCC2)SC(N)=N1. The van der Waals surface area contributed by atoms with E-state index in [1.807, 2.05) is 6.92 Å². The van der Waals surface area contributed by atoms with E-state index in [1.54, 1.807) is 23.9 Å². The number of rotatable bonds is 1. The van der Waals surface area contributed by atoms with Gasteiger partial charge in [0.1, 0.15) is 5.82 Å². The van der Waals surface area contributed by atoms with Gasteiger partial charge in [-0.15, -0.1) is 0 Å². The molecule has 1 spiro atoms. The summed E-state index contributed by atoms with van der Waals surface area (Å²) in [5.41, 5.74) is 12.5. The minimum Gasteiger partial charge on any atom is -0.399 e. The minimum absolute atomic E-state index is 0.107. The van der Waals surface area contributed by atoms with E-state index in [-0.39, 0.29) is 10.6 Å². The van der Waals surface area contributed by atoms with Crippen molar-refractivity contribution in [2.24, 2.45) is 10.7 Å². The van der Waals surface area contributed by atoms with Crippen molar-refractivity contribution in [2.45, 2.75) is 55.7 Å². The summed E-state index contributed by atoms with van der Waals surface area (Å²) in [6.07, 6.45) is 6.81. The van der Waals surface area contributed by atoms with Crippen LogP contribution in [-0.2, 0) is 5.54 Å². The number of nitrogen functional groups attached to an aromatic ring is 1. The predicted molar refractivity (Wildman–Crippen MR) is 87.8 cm³/mol. The van der Waals surface area contributed by atoms with Crippen molar-refractivity contribution in [3.8, 4) is 0 Å². The van der Waals surface area contributed by atoms with Gasteiger partial charge in [0, 0.05) is 16.0 Å². The lowest BCUT2D eigenvalue weighted by atomic mass is 9.76. The number of amidine groups is 1. The number of hydrogen-bond acceptors (Lipinski definition) is 4. The van der Waals surface area contributed by atoms with E-state index in [0.29, 0.717) is 16.4 Å². The fraction of sp³-hybridized carbons (Fsp3) is 0.562. The quantitative estimate of drug-likeness (QED) is 0.776. The van der Waals surface area contributed by atoms with Crippen LogP contribution < -0.4 is 11.5 Å². The number of nitrogens with two attached hydrogens (primary N) is 2. The molecule has 0 bridgehead atoms. The van der Waals surface area contributed by atoms with Crippen LogP contribution in [0.5, 0.6) is 0 Å². The zero-order chi connectivity index (χ0) is 15.1. The molecule has 0 amide bonds. The van der Waals surface area contributed by atoms with E-state index in [1.165, 1.54) is 25.3 Å². The van der Waals surface area contributed by atoms with Crippen molar-refractivity contribution in [3.05, 3.63) is 29.6 Å².